The number of hydrogen-bond donors (Lipinski definition) is 3. The predicted octanol–water partition coefficient (Wildman–Crippen LogP) is 6.19. The minimum atomic E-state index is -0.262. The summed E-state index contributed by atoms with van der Waals surface area (Å²) < 4.78 is 13.4. The maximum Gasteiger partial charge on any atom is 0.138 e. The van der Waals surface area contributed by atoms with Crippen LogP contribution >= 0.6 is 0 Å². The van der Waals surface area contributed by atoms with E-state index in [-0.39, 0.29) is 5.82 Å². The molecule has 0 radical (unpaired) electrons. The first-order chi connectivity index (χ1) is 17.0. The van der Waals surface area contributed by atoms with Gasteiger partial charge in [-0.3, -0.25) is 15.1 Å². The molecule has 0 bridgehead atoms. The molecule has 1 aromatic carbocycles. The summed E-state index contributed by atoms with van der Waals surface area (Å²) in [6.45, 7) is 4.18. The second kappa shape index (κ2) is 8.32. The molecular formula is C27H22FN7. The Hall–Kier alpha value is -4.59. The number of aromatic amines is 2. The maximum atomic E-state index is 13.4. The van der Waals surface area contributed by atoms with Crippen LogP contribution in [0, 0.1) is 5.82 Å². The first-order valence-corrected chi connectivity index (χ1v) is 11.4. The van der Waals surface area contributed by atoms with Gasteiger partial charge in [0.15, 0.2) is 0 Å². The van der Waals surface area contributed by atoms with Gasteiger partial charge in [0.25, 0.3) is 0 Å². The molecule has 3 N–H and O–H groups in total. The number of rotatable bonds is 5. The molecule has 0 spiro atoms. The summed E-state index contributed by atoms with van der Waals surface area (Å²) in [6.07, 6.45) is 7.15. The zero-order valence-corrected chi connectivity index (χ0v) is 19.2. The van der Waals surface area contributed by atoms with Crippen LogP contribution in [0.25, 0.3) is 55.7 Å². The van der Waals surface area contributed by atoms with Crippen molar-refractivity contribution in [3.8, 4) is 33.8 Å². The molecule has 8 heteroatoms. The molecule has 172 valence electrons. The fourth-order valence-electron chi connectivity index (χ4n) is 4.31. The highest BCUT2D eigenvalue weighted by molar-refractivity contribution is 6.00. The lowest BCUT2D eigenvalue weighted by molar-refractivity contribution is 0.628. The second-order valence-corrected chi connectivity index (χ2v) is 8.76. The Morgan fingerprint density at radius 1 is 0.886 bits per heavy atom. The van der Waals surface area contributed by atoms with E-state index >= 15 is 0 Å². The van der Waals surface area contributed by atoms with E-state index < -0.39 is 0 Å². The molecule has 0 amide bonds. The molecule has 6 rings (SSSR count). The van der Waals surface area contributed by atoms with Gasteiger partial charge < -0.3 is 10.3 Å². The number of fused-ring (bicyclic) bond motifs is 2. The average Bonchev–Trinajstić information content (AvgIpc) is 3.48. The molecule has 0 atom stereocenters. The number of nitrogens with one attached hydrogen (secondary N) is 3. The smallest absolute Gasteiger partial charge is 0.138 e. The Morgan fingerprint density at radius 3 is 2.57 bits per heavy atom. The van der Waals surface area contributed by atoms with Crippen LogP contribution < -0.4 is 5.32 Å². The molecule has 0 aliphatic rings. The van der Waals surface area contributed by atoms with Crippen molar-refractivity contribution in [2.75, 3.05) is 5.32 Å². The van der Waals surface area contributed by atoms with E-state index in [4.69, 9.17) is 0 Å². The molecule has 0 saturated carbocycles. The molecule has 0 saturated heterocycles. The normalized spacial score (nSPS) is 11.5. The largest absolute Gasteiger partial charge is 0.382 e. The van der Waals surface area contributed by atoms with Gasteiger partial charge in [0, 0.05) is 41.0 Å². The number of anilines is 1. The highest BCUT2D eigenvalue weighted by atomic mass is 19.1. The van der Waals surface area contributed by atoms with Crippen LogP contribution in [0.3, 0.4) is 0 Å². The first kappa shape index (κ1) is 21.0. The first-order valence-electron chi connectivity index (χ1n) is 11.4. The van der Waals surface area contributed by atoms with E-state index in [1.165, 1.54) is 12.1 Å². The minimum absolute atomic E-state index is 0.262. The van der Waals surface area contributed by atoms with Gasteiger partial charge in [-0.1, -0.05) is 12.1 Å². The third kappa shape index (κ3) is 3.89. The lowest BCUT2D eigenvalue weighted by Crippen LogP contribution is -2.09. The molecule has 5 aromatic heterocycles. The minimum Gasteiger partial charge on any atom is -0.382 e. The molecule has 0 unspecified atom stereocenters. The lowest BCUT2D eigenvalue weighted by atomic mass is 10.0. The van der Waals surface area contributed by atoms with Crippen molar-refractivity contribution < 1.29 is 4.39 Å². The average molecular weight is 464 g/mol. The zero-order valence-electron chi connectivity index (χ0n) is 19.2. The van der Waals surface area contributed by atoms with Crippen molar-refractivity contribution in [1.29, 1.82) is 0 Å². The summed E-state index contributed by atoms with van der Waals surface area (Å²) in [5.74, 6) is -0.262. The highest BCUT2D eigenvalue weighted by Gasteiger charge is 2.15. The van der Waals surface area contributed by atoms with Crippen LogP contribution in [-0.4, -0.2) is 36.2 Å². The molecule has 7 nitrogen and oxygen atoms in total. The molecular weight excluding hydrogens is 441 g/mol. The number of hydrogen-bond acceptors (Lipinski definition) is 5. The molecule has 0 aliphatic heterocycles. The van der Waals surface area contributed by atoms with Gasteiger partial charge in [-0.15, -0.1) is 0 Å². The van der Waals surface area contributed by atoms with Crippen LogP contribution in [0.15, 0.2) is 73.3 Å². The predicted molar refractivity (Wildman–Crippen MR) is 136 cm³/mol. The van der Waals surface area contributed by atoms with E-state index in [0.717, 1.165) is 61.4 Å². The number of H-pyrrole nitrogens is 2. The van der Waals surface area contributed by atoms with Crippen molar-refractivity contribution in [1.82, 2.24) is 30.1 Å². The number of pyridine rings is 3. The third-order valence-corrected chi connectivity index (χ3v) is 5.88. The fraction of sp³-hybridized carbons (Fsp3) is 0.111. The van der Waals surface area contributed by atoms with Gasteiger partial charge in [-0.25, -0.2) is 9.37 Å². The van der Waals surface area contributed by atoms with Gasteiger partial charge in [0.1, 0.15) is 17.2 Å². The maximum absolute atomic E-state index is 13.4. The SMILES string of the molecule is CC(C)Nc1cncc(-c2cc3c(-c4cc5c(-c6ccc(F)cc6)ccnc5[nH]4)n[nH]c3cn2)c1. The van der Waals surface area contributed by atoms with Crippen molar-refractivity contribution in [2.24, 2.45) is 0 Å². The second-order valence-electron chi connectivity index (χ2n) is 8.76. The lowest BCUT2D eigenvalue weighted by Gasteiger charge is -2.10. The van der Waals surface area contributed by atoms with Gasteiger partial charge in [-0.05, 0) is 61.4 Å². The Morgan fingerprint density at radius 2 is 1.74 bits per heavy atom. The topological polar surface area (TPSA) is 95.2 Å². The summed E-state index contributed by atoms with van der Waals surface area (Å²) in [5, 5.41) is 12.9. The molecule has 6 aromatic rings. The van der Waals surface area contributed by atoms with E-state index in [1.54, 1.807) is 30.7 Å². The fourth-order valence-corrected chi connectivity index (χ4v) is 4.31. The number of nitrogens with zero attached hydrogens (tertiary/aromatic N) is 4. The van der Waals surface area contributed by atoms with E-state index in [0.29, 0.717) is 6.04 Å². The summed E-state index contributed by atoms with van der Waals surface area (Å²) in [7, 11) is 0. The number of benzene rings is 1. The summed E-state index contributed by atoms with van der Waals surface area (Å²) in [6, 6.07) is 14.8. The van der Waals surface area contributed by atoms with Crippen molar-refractivity contribution >= 4 is 27.6 Å². The van der Waals surface area contributed by atoms with E-state index in [2.05, 4.69) is 49.3 Å². The molecule has 0 fully saturated rings. The monoisotopic (exact) mass is 463 g/mol. The highest BCUT2D eigenvalue weighted by Crippen LogP contribution is 2.34. The standard InChI is InChI=1S/C27H22FN7/c1-15(2)32-19-9-17(12-29-13-19)23-11-22-25(14-31-23)34-35-26(22)24-10-21-20(7-8-30-27(21)33-24)16-3-5-18(28)6-4-16/h3-15,32H,1-2H3,(H,30,33)(H,34,35). The van der Waals surface area contributed by atoms with Crippen LogP contribution in [0.2, 0.25) is 0 Å². The summed E-state index contributed by atoms with van der Waals surface area (Å²) >= 11 is 0. The van der Waals surface area contributed by atoms with Crippen molar-refractivity contribution in [2.45, 2.75) is 19.9 Å². The zero-order chi connectivity index (χ0) is 23.9. The summed E-state index contributed by atoms with van der Waals surface area (Å²) in [5.41, 5.74) is 7.74. The van der Waals surface area contributed by atoms with Gasteiger partial charge >= 0.3 is 0 Å². The number of halogens is 1. The van der Waals surface area contributed by atoms with Gasteiger partial charge in [-0.2, -0.15) is 5.10 Å². The quantitative estimate of drug-likeness (QED) is 0.283. The van der Waals surface area contributed by atoms with Crippen LogP contribution in [0.4, 0.5) is 10.1 Å². The molecule has 0 aliphatic carbocycles. The third-order valence-electron chi connectivity index (χ3n) is 5.88. The van der Waals surface area contributed by atoms with E-state index in [9.17, 15) is 4.39 Å². The number of aromatic nitrogens is 6. The van der Waals surface area contributed by atoms with E-state index in [1.807, 2.05) is 30.5 Å². The van der Waals surface area contributed by atoms with Crippen molar-refractivity contribution in [3.63, 3.8) is 0 Å². The Bertz CT molecular complexity index is 1670. The van der Waals surface area contributed by atoms with Crippen molar-refractivity contribution in [3.05, 3.63) is 79.1 Å². The Kier molecular flexibility index (Phi) is 4.99. The van der Waals surface area contributed by atoms with Gasteiger partial charge in [0.2, 0.25) is 0 Å². The molecule has 35 heavy (non-hydrogen) atoms. The Labute approximate surface area is 200 Å². The van der Waals surface area contributed by atoms with Crippen LogP contribution in [-0.2, 0) is 0 Å². The summed E-state index contributed by atoms with van der Waals surface area (Å²) in [4.78, 5) is 16.9. The Balaban J connectivity index is 1.44. The van der Waals surface area contributed by atoms with Crippen LogP contribution in [0.5, 0.6) is 0 Å². The van der Waals surface area contributed by atoms with Crippen LogP contribution in [0.1, 0.15) is 13.8 Å². The van der Waals surface area contributed by atoms with Gasteiger partial charge in [0.05, 0.1) is 28.8 Å². The molecule has 5 heterocycles.